The molecule has 4 heteroatoms. The summed E-state index contributed by atoms with van der Waals surface area (Å²) in [4.78, 5) is 12.5. The second-order valence-corrected chi connectivity index (χ2v) is 4.57. The van der Waals surface area contributed by atoms with Gasteiger partial charge in [0.25, 0.3) is 0 Å². The van der Waals surface area contributed by atoms with Crippen LogP contribution in [0.2, 0.25) is 0 Å². The Morgan fingerprint density at radius 2 is 2.10 bits per heavy atom. The Morgan fingerprint density at radius 1 is 1.25 bits per heavy atom. The van der Waals surface area contributed by atoms with Gasteiger partial charge in [0.2, 0.25) is 0 Å². The Kier molecular flexibility index (Phi) is 3.14. The minimum atomic E-state index is -0.593. The molecule has 20 heavy (non-hydrogen) atoms. The van der Waals surface area contributed by atoms with Crippen molar-refractivity contribution in [2.75, 3.05) is 13.7 Å². The summed E-state index contributed by atoms with van der Waals surface area (Å²) in [5, 5.41) is 0. The lowest BCUT2D eigenvalue weighted by Gasteiger charge is -2.08. The lowest BCUT2D eigenvalue weighted by atomic mass is 9.99. The second kappa shape index (κ2) is 4.96. The topological polar surface area (TPSA) is 35.5 Å². The van der Waals surface area contributed by atoms with E-state index in [-0.39, 0.29) is 11.3 Å². The molecule has 0 radical (unpaired) electrons. The third-order valence-electron chi connectivity index (χ3n) is 3.38. The Bertz CT molecular complexity index is 679. The number of para-hydroxylation sites is 1. The van der Waals surface area contributed by atoms with Crippen molar-refractivity contribution in [3.63, 3.8) is 0 Å². The van der Waals surface area contributed by atoms with Crippen molar-refractivity contribution in [2.24, 2.45) is 0 Å². The van der Waals surface area contributed by atoms with Crippen molar-refractivity contribution < 1.29 is 18.7 Å². The maximum absolute atomic E-state index is 14.0. The van der Waals surface area contributed by atoms with Gasteiger partial charge in [-0.25, -0.2) is 4.39 Å². The first-order valence-corrected chi connectivity index (χ1v) is 6.33. The number of carbonyl (C=O) groups excluding carboxylic acids is 1. The molecule has 2 aromatic rings. The van der Waals surface area contributed by atoms with Gasteiger partial charge in [0.1, 0.15) is 17.3 Å². The van der Waals surface area contributed by atoms with Crippen LogP contribution in [0.3, 0.4) is 0 Å². The summed E-state index contributed by atoms with van der Waals surface area (Å²) in [5.74, 6) is -0.00448. The number of benzene rings is 2. The summed E-state index contributed by atoms with van der Waals surface area (Å²) in [5.41, 5.74) is 1.42. The van der Waals surface area contributed by atoms with Crippen LogP contribution in [0.4, 0.5) is 4.39 Å². The molecule has 0 fully saturated rings. The van der Waals surface area contributed by atoms with Crippen LogP contribution in [-0.2, 0) is 6.42 Å². The molecule has 0 aliphatic carbocycles. The molecule has 1 aliphatic heterocycles. The van der Waals surface area contributed by atoms with E-state index >= 15 is 0 Å². The molecule has 0 aromatic heterocycles. The molecule has 3 nitrogen and oxygen atoms in total. The highest BCUT2D eigenvalue weighted by Crippen LogP contribution is 2.31. The number of halogens is 1. The van der Waals surface area contributed by atoms with E-state index in [1.165, 1.54) is 19.2 Å². The van der Waals surface area contributed by atoms with Gasteiger partial charge >= 0.3 is 0 Å². The van der Waals surface area contributed by atoms with Crippen molar-refractivity contribution in [1.82, 2.24) is 0 Å². The minimum absolute atomic E-state index is 0.0229. The maximum atomic E-state index is 14.0. The molecule has 0 atom stereocenters. The van der Waals surface area contributed by atoms with E-state index in [0.717, 1.165) is 12.0 Å². The summed E-state index contributed by atoms with van der Waals surface area (Å²) in [6.07, 6.45) is 0.779. The van der Waals surface area contributed by atoms with Crippen LogP contribution in [0.5, 0.6) is 11.5 Å². The second-order valence-electron chi connectivity index (χ2n) is 4.57. The van der Waals surface area contributed by atoms with Crippen molar-refractivity contribution >= 4 is 5.78 Å². The van der Waals surface area contributed by atoms with E-state index in [1.54, 1.807) is 18.2 Å². The third-order valence-corrected chi connectivity index (χ3v) is 3.38. The summed E-state index contributed by atoms with van der Waals surface area (Å²) in [7, 11) is 1.45. The molecule has 102 valence electrons. The highest BCUT2D eigenvalue weighted by atomic mass is 19.1. The van der Waals surface area contributed by atoms with Gasteiger partial charge in [0.15, 0.2) is 5.78 Å². The first-order valence-electron chi connectivity index (χ1n) is 6.33. The van der Waals surface area contributed by atoms with Crippen LogP contribution in [0, 0.1) is 5.82 Å². The fourth-order valence-corrected chi connectivity index (χ4v) is 2.35. The van der Waals surface area contributed by atoms with E-state index in [0.29, 0.717) is 23.7 Å². The Hall–Kier alpha value is -2.36. The molecular weight excluding hydrogens is 259 g/mol. The van der Waals surface area contributed by atoms with Crippen LogP contribution < -0.4 is 9.47 Å². The van der Waals surface area contributed by atoms with Gasteiger partial charge < -0.3 is 9.47 Å². The molecular formula is C16H13FO3. The molecule has 0 amide bonds. The molecule has 0 unspecified atom stereocenters. The van der Waals surface area contributed by atoms with Crippen molar-refractivity contribution in [3.8, 4) is 11.5 Å². The number of hydrogen-bond donors (Lipinski definition) is 0. The molecule has 3 rings (SSSR count). The summed E-state index contributed by atoms with van der Waals surface area (Å²) in [6.45, 7) is 0.560. The van der Waals surface area contributed by atoms with Gasteiger partial charge in [0, 0.05) is 12.5 Å². The molecule has 0 N–H and O–H groups in total. The molecule has 1 heterocycles. The fraction of sp³-hybridized carbons (Fsp3) is 0.188. The van der Waals surface area contributed by atoms with E-state index in [4.69, 9.17) is 9.47 Å². The fourth-order valence-electron chi connectivity index (χ4n) is 2.35. The number of fused-ring (bicyclic) bond motifs is 1. The Morgan fingerprint density at radius 3 is 2.85 bits per heavy atom. The molecule has 0 saturated carbocycles. The highest BCUT2D eigenvalue weighted by molar-refractivity contribution is 6.11. The maximum Gasteiger partial charge on any atom is 0.199 e. The first kappa shape index (κ1) is 12.7. The van der Waals surface area contributed by atoms with Crippen molar-refractivity contribution in [2.45, 2.75) is 6.42 Å². The quantitative estimate of drug-likeness (QED) is 0.806. The zero-order valence-electron chi connectivity index (χ0n) is 11.0. The number of carbonyl (C=O) groups is 1. The number of hydrogen-bond acceptors (Lipinski definition) is 3. The van der Waals surface area contributed by atoms with Crippen molar-refractivity contribution in [1.29, 1.82) is 0 Å². The van der Waals surface area contributed by atoms with Gasteiger partial charge in [-0.05, 0) is 23.8 Å². The largest absolute Gasteiger partial charge is 0.497 e. The zero-order valence-corrected chi connectivity index (χ0v) is 11.0. The van der Waals surface area contributed by atoms with Crippen LogP contribution in [-0.4, -0.2) is 19.5 Å². The summed E-state index contributed by atoms with van der Waals surface area (Å²) < 4.78 is 24.4. The van der Waals surface area contributed by atoms with E-state index in [2.05, 4.69) is 0 Å². The van der Waals surface area contributed by atoms with E-state index in [1.807, 2.05) is 6.07 Å². The molecule has 0 saturated heterocycles. The zero-order chi connectivity index (χ0) is 14.1. The smallest absolute Gasteiger partial charge is 0.199 e. The van der Waals surface area contributed by atoms with Crippen LogP contribution in [0.15, 0.2) is 36.4 Å². The van der Waals surface area contributed by atoms with Crippen molar-refractivity contribution in [3.05, 3.63) is 58.9 Å². The Labute approximate surface area is 115 Å². The van der Waals surface area contributed by atoms with Gasteiger partial charge in [-0.1, -0.05) is 12.1 Å². The predicted octanol–water partition coefficient (Wildman–Crippen LogP) is 3.00. The van der Waals surface area contributed by atoms with Gasteiger partial charge in [0.05, 0.1) is 24.8 Å². The minimum Gasteiger partial charge on any atom is -0.497 e. The first-order chi connectivity index (χ1) is 9.70. The number of ketones is 1. The summed E-state index contributed by atoms with van der Waals surface area (Å²) >= 11 is 0. The molecule has 0 bridgehead atoms. The summed E-state index contributed by atoms with van der Waals surface area (Å²) in [6, 6.07) is 9.59. The SMILES string of the molecule is COc1ccc(C(=O)c2cccc3c2OCC3)c(F)c1. The highest BCUT2D eigenvalue weighted by Gasteiger charge is 2.23. The van der Waals surface area contributed by atoms with Gasteiger partial charge in [-0.3, -0.25) is 4.79 Å². The van der Waals surface area contributed by atoms with E-state index in [9.17, 15) is 9.18 Å². The normalized spacial score (nSPS) is 12.7. The van der Waals surface area contributed by atoms with Gasteiger partial charge in [-0.15, -0.1) is 0 Å². The Balaban J connectivity index is 2.04. The third kappa shape index (κ3) is 2.03. The van der Waals surface area contributed by atoms with Crippen LogP contribution in [0.25, 0.3) is 0 Å². The predicted molar refractivity (Wildman–Crippen MR) is 72.0 cm³/mol. The lowest BCUT2D eigenvalue weighted by Crippen LogP contribution is -2.06. The monoisotopic (exact) mass is 272 g/mol. The molecule has 0 spiro atoms. The average Bonchev–Trinajstić information content (AvgIpc) is 2.94. The molecule has 2 aromatic carbocycles. The standard InChI is InChI=1S/C16H13FO3/c1-19-11-5-6-12(14(17)9-11)15(18)13-4-2-3-10-7-8-20-16(10)13/h2-6,9H,7-8H2,1H3. The van der Waals surface area contributed by atoms with Crippen LogP contribution >= 0.6 is 0 Å². The molecule has 1 aliphatic rings. The number of rotatable bonds is 3. The van der Waals surface area contributed by atoms with Crippen LogP contribution in [0.1, 0.15) is 21.5 Å². The number of methoxy groups -OCH3 is 1. The van der Waals surface area contributed by atoms with E-state index < -0.39 is 5.82 Å². The lowest BCUT2D eigenvalue weighted by molar-refractivity contribution is 0.103. The average molecular weight is 272 g/mol. The van der Waals surface area contributed by atoms with Gasteiger partial charge in [-0.2, -0.15) is 0 Å². The number of ether oxygens (including phenoxy) is 2.